The molecule has 0 bridgehead atoms. The van der Waals surface area contributed by atoms with Gasteiger partial charge in [0.25, 0.3) is 0 Å². The Labute approximate surface area is 243 Å². The van der Waals surface area contributed by atoms with Crippen molar-refractivity contribution in [3.05, 3.63) is 156 Å². The number of nitrogens with one attached hydrogen (secondary N) is 1. The second-order valence-corrected chi connectivity index (χ2v) is 11.0. The van der Waals surface area contributed by atoms with E-state index in [1.165, 1.54) is 77.9 Å². The van der Waals surface area contributed by atoms with Gasteiger partial charge in [-0.1, -0.05) is 121 Å². The van der Waals surface area contributed by atoms with Gasteiger partial charge in [0.05, 0.1) is 0 Å². The smallest absolute Gasteiger partial charge is 0.0221 e. The minimum Gasteiger partial charge on any atom is -0.309 e. The van der Waals surface area contributed by atoms with Gasteiger partial charge >= 0.3 is 0 Å². The molecule has 0 saturated heterocycles. The molecule has 6 aromatic carbocycles. The maximum atomic E-state index is 3.85. The van der Waals surface area contributed by atoms with Gasteiger partial charge in [0.15, 0.2) is 0 Å². The first-order chi connectivity index (χ1) is 20.2. The Kier molecular flexibility index (Phi) is 6.59. The normalized spacial score (nSPS) is 12.3. The second kappa shape index (κ2) is 10.7. The van der Waals surface area contributed by atoms with Crippen molar-refractivity contribution in [3.63, 3.8) is 0 Å². The maximum absolute atomic E-state index is 3.85. The lowest BCUT2D eigenvalue weighted by molar-refractivity contribution is 0.705. The van der Waals surface area contributed by atoms with Crippen LogP contribution in [0.15, 0.2) is 133 Å². The van der Waals surface area contributed by atoms with Crippen LogP contribution in [0.25, 0.3) is 55.6 Å². The Morgan fingerprint density at radius 3 is 1.00 bits per heavy atom. The minimum atomic E-state index is 0.818. The molecule has 41 heavy (non-hydrogen) atoms. The number of fused-ring (bicyclic) bond motifs is 3. The van der Waals surface area contributed by atoms with Crippen LogP contribution < -0.4 is 5.32 Å². The molecule has 0 saturated carbocycles. The van der Waals surface area contributed by atoms with Crippen LogP contribution in [0.3, 0.4) is 0 Å². The van der Waals surface area contributed by atoms with Crippen molar-refractivity contribution in [2.24, 2.45) is 0 Å². The highest BCUT2D eigenvalue weighted by Gasteiger charge is 2.27. The Hall–Kier alpha value is -4.72. The molecule has 0 atom stereocenters. The van der Waals surface area contributed by atoms with E-state index in [1.807, 2.05) is 0 Å². The standard InChI is InChI=1S/C40H33N/c1-27-33(29-15-7-3-8-16-29)23-35(31-19-11-5-12-20-31)37-25-41-26-38-36(32-21-13-6-14-22-32)24-34(28(2)40(38)39(27)37)30-17-9-4-10-18-30/h3-24,41H,25-26H2,1-2H3. The van der Waals surface area contributed by atoms with Gasteiger partial charge in [-0.25, -0.2) is 0 Å². The Bertz CT molecular complexity index is 1700. The molecule has 0 fully saturated rings. The molecule has 1 N–H and O–H groups in total. The number of benzene rings is 6. The fourth-order valence-corrected chi connectivity index (χ4v) is 6.61. The molecular weight excluding hydrogens is 494 g/mol. The van der Waals surface area contributed by atoms with Gasteiger partial charge in [0, 0.05) is 13.1 Å². The van der Waals surface area contributed by atoms with E-state index in [-0.39, 0.29) is 0 Å². The van der Waals surface area contributed by atoms with Gasteiger partial charge < -0.3 is 5.32 Å². The molecule has 1 aliphatic heterocycles. The summed E-state index contributed by atoms with van der Waals surface area (Å²) in [5.74, 6) is 0. The summed E-state index contributed by atoms with van der Waals surface area (Å²) in [4.78, 5) is 0. The first kappa shape index (κ1) is 25.3. The van der Waals surface area contributed by atoms with E-state index in [9.17, 15) is 0 Å². The topological polar surface area (TPSA) is 12.0 Å². The zero-order valence-electron chi connectivity index (χ0n) is 23.6. The molecule has 1 heterocycles. The average Bonchev–Trinajstić information content (AvgIpc) is 3.24. The quantitative estimate of drug-likeness (QED) is 0.240. The molecule has 1 aliphatic rings. The van der Waals surface area contributed by atoms with Gasteiger partial charge in [-0.3, -0.25) is 0 Å². The molecule has 0 aromatic heterocycles. The van der Waals surface area contributed by atoms with Crippen LogP contribution in [-0.2, 0) is 13.1 Å². The third kappa shape index (κ3) is 4.49. The molecule has 7 rings (SSSR count). The van der Waals surface area contributed by atoms with Crippen LogP contribution in [0, 0.1) is 13.8 Å². The van der Waals surface area contributed by atoms with Crippen LogP contribution in [0.5, 0.6) is 0 Å². The van der Waals surface area contributed by atoms with E-state index < -0.39 is 0 Å². The summed E-state index contributed by atoms with van der Waals surface area (Å²) in [5, 5.41) is 3.85. The van der Waals surface area contributed by atoms with E-state index >= 15 is 0 Å². The van der Waals surface area contributed by atoms with Crippen LogP contribution in [0.2, 0.25) is 0 Å². The predicted molar refractivity (Wildman–Crippen MR) is 174 cm³/mol. The van der Waals surface area contributed by atoms with Crippen molar-refractivity contribution in [1.29, 1.82) is 0 Å². The summed E-state index contributed by atoms with van der Waals surface area (Å²) in [6, 6.07) is 48.3. The first-order valence-corrected chi connectivity index (χ1v) is 14.5. The van der Waals surface area contributed by atoms with Gasteiger partial charge in [0.1, 0.15) is 0 Å². The van der Waals surface area contributed by atoms with Crippen molar-refractivity contribution >= 4 is 0 Å². The molecule has 0 unspecified atom stereocenters. The third-order valence-corrected chi connectivity index (χ3v) is 8.58. The molecule has 1 nitrogen and oxygen atoms in total. The monoisotopic (exact) mass is 527 g/mol. The molecule has 6 aromatic rings. The van der Waals surface area contributed by atoms with Crippen molar-refractivity contribution in [2.75, 3.05) is 0 Å². The minimum absolute atomic E-state index is 0.818. The summed E-state index contributed by atoms with van der Waals surface area (Å²) in [7, 11) is 0. The first-order valence-electron chi connectivity index (χ1n) is 14.5. The van der Waals surface area contributed by atoms with Gasteiger partial charge in [-0.2, -0.15) is 0 Å². The van der Waals surface area contributed by atoms with Crippen LogP contribution >= 0.6 is 0 Å². The molecule has 0 aliphatic carbocycles. The molecular formula is C40H33N. The Morgan fingerprint density at radius 1 is 0.390 bits per heavy atom. The summed E-state index contributed by atoms with van der Waals surface area (Å²) < 4.78 is 0. The number of rotatable bonds is 4. The summed E-state index contributed by atoms with van der Waals surface area (Å²) in [5.41, 5.74) is 18.4. The zero-order chi connectivity index (χ0) is 27.8. The SMILES string of the molecule is Cc1c(-c2ccccc2)cc(-c2ccccc2)c2c1-c1c(C)c(-c3ccccc3)cc(-c3ccccc3)c1CNC2. The highest BCUT2D eigenvalue weighted by Crippen LogP contribution is 2.48. The van der Waals surface area contributed by atoms with Crippen molar-refractivity contribution in [2.45, 2.75) is 26.9 Å². The number of hydrogen-bond donors (Lipinski definition) is 1. The summed E-state index contributed by atoms with van der Waals surface area (Å²) >= 11 is 0. The van der Waals surface area contributed by atoms with E-state index in [2.05, 4.69) is 153 Å². The molecule has 0 amide bonds. The van der Waals surface area contributed by atoms with Gasteiger partial charge in [0.2, 0.25) is 0 Å². The van der Waals surface area contributed by atoms with Gasteiger partial charge in [-0.05, 0) is 104 Å². The highest BCUT2D eigenvalue weighted by molar-refractivity contribution is 5.95. The fourth-order valence-electron chi connectivity index (χ4n) is 6.61. The largest absolute Gasteiger partial charge is 0.309 e. The Morgan fingerprint density at radius 2 is 0.683 bits per heavy atom. The third-order valence-electron chi connectivity index (χ3n) is 8.58. The highest BCUT2D eigenvalue weighted by atomic mass is 14.9. The van der Waals surface area contributed by atoms with Crippen molar-refractivity contribution < 1.29 is 0 Å². The molecule has 1 heteroatoms. The van der Waals surface area contributed by atoms with E-state index in [1.54, 1.807) is 0 Å². The molecule has 198 valence electrons. The fraction of sp³-hybridized carbons (Fsp3) is 0.100. The van der Waals surface area contributed by atoms with E-state index in [4.69, 9.17) is 0 Å². The lowest BCUT2D eigenvalue weighted by Crippen LogP contribution is -2.12. The van der Waals surface area contributed by atoms with Crippen molar-refractivity contribution in [3.8, 4) is 55.6 Å². The predicted octanol–water partition coefficient (Wildman–Crippen LogP) is 10.2. The second-order valence-electron chi connectivity index (χ2n) is 11.0. The lowest BCUT2D eigenvalue weighted by atomic mass is 9.78. The van der Waals surface area contributed by atoms with Crippen LogP contribution in [0.4, 0.5) is 0 Å². The summed E-state index contributed by atoms with van der Waals surface area (Å²) in [6.07, 6.45) is 0. The van der Waals surface area contributed by atoms with E-state index in [0.29, 0.717) is 0 Å². The molecule has 0 radical (unpaired) electrons. The molecule has 0 spiro atoms. The zero-order valence-corrected chi connectivity index (χ0v) is 23.6. The summed E-state index contributed by atoms with van der Waals surface area (Å²) in [6.45, 7) is 6.28. The van der Waals surface area contributed by atoms with E-state index in [0.717, 1.165) is 13.1 Å². The van der Waals surface area contributed by atoms with Crippen LogP contribution in [-0.4, -0.2) is 0 Å². The van der Waals surface area contributed by atoms with Crippen molar-refractivity contribution in [1.82, 2.24) is 5.32 Å². The number of hydrogen-bond acceptors (Lipinski definition) is 1. The van der Waals surface area contributed by atoms with Gasteiger partial charge in [-0.15, -0.1) is 0 Å². The average molecular weight is 528 g/mol. The lowest BCUT2D eigenvalue weighted by Gasteiger charge is -2.25. The maximum Gasteiger partial charge on any atom is 0.0221 e. The Balaban J connectivity index is 1.63. The van der Waals surface area contributed by atoms with Crippen LogP contribution in [0.1, 0.15) is 22.3 Å².